The van der Waals surface area contributed by atoms with E-state index in [9.17, 15) is 4.79 Å². The van der Waals surface area contributed by atoms with E-state index < -0.39 is 5.97 Å². The van der Waals surface area contributed by atoms with Crippen LogP contribution in [0.4, 0.5) is 0 Å². The molecule has 0 aromatic carbocycles. The highest BCUT2D eigenvalue weighted by Crippen LogP contribution is 2.14. The van der Waals surface area contributed by atoms with Gasteiger partial charge >= 0.3 is 5.97 Å². The van der Waals surface area contributed by atoms with E-state index in [2.05, 4.69) is 11.8 Å². The number of carboxylic acid groups (broad SMARTS) is 1. The van der Waals surface area contributed by atoms with Crippen molar-refractivity contribution >= 4 is 5.97 Å². The lowest BCUT2D eigenvalue weighted by Gasteiger charge is -2.22. The van der Waals surface area contributed by atoms with Gasteiger partial charge in [-0.05, 0) is 33.0 Å². The molecular weight excluding hydrogens is 204 g/mol. The molecule has 4 nitrogen and oxygen atoms in total. The van der Waals surface area contributed by atoms with E-state index in [1.165, 1.54) is 25.8 Å². The second-order valence-electron chi connectivity index (χ2n) is 4.76. The lowest BCUT2D eigenvalue weighted by atomic mass is 10.2. The van der Waals surface area contributed by atoms with Crippen LogP contribution in [0.1, 0.15) is 32.6 Å². The lowest BCUT2D eigenvalue weighted by Crippen LogP contribution is -2.38. The van der Waals surface area contributed by atoms with Gasteiger partial charge in [0.15, 0.2) is 0 Å². The van der Waals surface area contributed by atoms with Crippen LogP contribution >= 0.6 is 0 Å². The average molecular weight is 228 g/mol. The molecule has 0 aliphatic carbocycles. The van der Waals surface area contributed by atoms with Crippen LogP contribution in [-0.2, 0) is 4.79 Å². The molecule has 1 aliphatic heterocycles. The molecule has 0 saturated carbocycles. The Bertz CT molecular complexity index is 221. The fourth-order valence-electron chi connectivity index (χ4n) is 2.30. The molecule has 0 aromatic rings. The number of hydrogen-bond donors (Lipinski definition) is 1. The first kappa shape index (κ1) is 13.5. The summed E-state index contributed by atoms with van der Waals surface area (Å²) < 4.78 is 0. The molecule has 1 unspecified atom stereocenters. The van der Waals surface area contributed by atoms with E-state index in [-0.39, 0.29) is 6.54 Å². The van der Waals surface area contributed by atoms with Crippen molar-refractivity contribution in [2.75, 3.05) is 33.2 Å². The predicted molar refractivity (Wildman–Crippen MR) is 64.6 cm³/mol. The molecule has 0 aromatic heterocycles. The van der Waals surface area contributed by atoms with Gasteiger partial charge in [-0.1, -0.05) is 19.8 Å². The first-order valence-corrected chi connectivity index (χ1v) is 6.28. The predicted octanol–water partition coefficient (Wildman–Crippen LogP) is 1.27. The van der Waals surface area contributed by atoms with E-state index in [4.69, 9.17) is 5.11 Å². The average Bonchev–Trinajstić information content (AvgIpc) is 2.66. The van der Waals surface area contributed by atoms with Crippen LogP contribution in [0.5, 0.6) is 0 Å². The van der Waals surface area contributed by atoms with Gasteiger partial charge in [-0.2, -0.15) is 0 Å². The second kappa shape index (κ2) is 6.86. The summed E-state index contributed by atoms with van der Waals surface area (Å²) in [6.07, 6.45) is 4.93. The van der Waals surface area contributed by atoms with Crippen LogP contribution in [0.25, 0.3) is 0 Å². The molecule has 1 atom stereocenters. The zero-order valence-corrected chi connectivity index (χ0v) is 10.5. The van der Waals surface area contributed by atoms with E-state index in [0.29, 0.717) is 6.04 Å². The summed E-state index contributed by atoms with van der Waals surface area (Å²) in [5, 5.41) is 8.73. The van der Waals surface area contributed by atoms with E-state index >= 15 is 0 Å². The molecule has 1 rings (SSSR count). The standard InChI is InChI=1S/C12H24N2O2/c1-3-4-5-7-14-8-6-11(9-14)13(2)10-12(15)16/h11H,3-10H2,1-2H3,(H,15,16). The molecule has 0 amide bonds. The van der Waals surface area contributed by atoms with Gasteiger partial charge < -0.3 is 10.0 Å². The maximum Gasteiger partial charge on any atom is 0.317 e. The van der Waals surface area contributed by atoms with Crippen molar-refractivity contribution in [3.05, 3.63) is 0 Å². The fourth-order valence-corrected chi connectivity index (χ4v) is 2.30. The highest BCUT2D eigenvalue weighted by atomic mass is 16.4. The van der Waals surface area contributed by atoms with Gasteiger partial charge in [-0.25, -0.2) is 0 Å². The quantitative estimate of drug-likeness (QED) is 0.666. The molecule has 94 valence electrons. The van der Waals surface area contributed by atoms with Crippen LogP contribution in [0, 0.1) is 0 Å². The second-order valence-corrected chi connectivity index (χ2v) is 4.76. The minimum atomic E-state index is -0.730. The normalized spacial score (nSPS) is 21.8. The minimum absolute atomic E-state index is 0.160. The highest BCUT2D eigenvalue weighted by molar-refractivity contribution is 5.69. The third-order valence-electron chi connectivity index (χ3n) is 3.33. The van der Waals surface area contributed by atoms with Crippen molar-refractivity contribution in [3.8, 4) is 0 Å². The molecule has 16 heavy (non-hydrogen) atoms. The molecule has 0 bridgehead atoms. The number of carbonyl (C=O) groups is 1. The SMILES string of the molecule is CCCCCN1CCC(N(C)CC(=O)O)C1. The van der Waals surface area contributed by atoms with Crippen molar-refractivity contribution in [1.29, 1.82) is 0 Å². The van der Waals surface area contributed by atoms with Crippen molar-refractivity contribution in [1.82, 2.24) is 9.80 Å². The number of carboxylic acids is 1. The summed E-state index contributed by atoms with van der Waals surface area (Å²) in [4.78, 5) is 15.0. The van der Waals surface area contributed by atoms with Crippen molar-refractivity contribution in [2.24, 2.45) is 0 Å². The van der Waals surface area contributed by atoms with Crippen molar-refractivity contribution < 1.29 is 9.90 Å². The molecule has 1 saturated heterocycles. The Morgan fingerprint density at radius 3 is 2.88 bits per heavy atom. The Labute approximate surface area is 98.2 Å². The maximum absolute atomic E-state index is 10.6. The lowest BCUT2D eigenvalue weighted by molar-refractivity contribution is -0.138. The molecular formula is C12H24N2O2. The summed E-state index contributed by atoms with van der Waals surface area (Å²) in [6, 6.07) is 0.428. The Hall–Kier alpha value is -0.610. The van der Waals surface area contributed by atoms with Gasteiger partial charge in [0.1, 0.15) is 0 Å². The van der Waals surface area contributed by atoms with Crippen molar-refractivity contribution in [3.63, 3.8) is 0 Å². The Balaban J connectivity index is 2.20. The number of aliphatic carboxylic acids is 1. The Morgan fingerprint density at radius 1 is 1.50 bits per heavy atom. The van der Waals surface area contributed by atoms with Gasteiger partial charge in [-0.3, -0.25) is 9.69 Å². The molecule has 1 heterocycles. The molecule has 0 radical (unpaired) electrons. The van der Waals surface area contributed by atoms with Gasteiger partial charge in [0.2, 0.25) is 0 Å². The maximum atomic E-state index is 10.6. The first-order valence-electron chi connectivity index (χ1n) is 6.28. The van der Waals surface area contributed by atoms with Crippen LogP contribution in [0.3, 0.4) is 0 Å². The van der Waals surface area contributed by atoms with Crippen LogP contribution in [0.2, 0.25) is 0 Å². The summed E-state index contributed by atoms with van der Waals surface area (Å²) >= 11 is 0. The summed E-state index contributed by atoms with van der Waals surface area (Å²) in [5.41, 5.74) is 0. The molecule has 0 spiro atoms. The largest absolute Gasteiger partial charge is 0.480 e. The third kappa shape index (κ3) is 4.49. The van der Waals surface area contributed by atoms with E-state index in [1.54, 1.807) is 0 Å². The number of nitrogens with zero attached hydrogens (tertiary/aromatic N) is 2. The Kier molecular flexibility index (Phi) is 5.77. The molecule has 1 N–H and O–H groups in total. The fraction of sp³-hybridized carbons (Fsp3) is 0.917. The number of hydrogen-bond acceptors (Lipinski definition) is 3. The van der Waals surface area contributed by atoms with E-state index in [1.807, 2.05) is 11.9 Å². The summed E-state index contributed by atoms with van der Waals surface area (Å²) in [5.74, 6) is -0.730. The highest BCUT2D eigenvalue weighted by Gasteiger charge is 2.25. The van der Waals surface area contributed by atoms with Crippen LogP contribution < -0.4 is 0 Å². The zero-order chi connectivity index (χ0) is 12.0. The monoisotopic (exact) mass is 228 g/mol. The molecule has 1 fully saturated rings. The van der Waals surface area contributed by atoms with E-state index in [0.717, 1.165) is 19.5 Å². The first-order chi connectivity index (χ1) is 7.63. The van der Waals surface area contributed by atoms with Crippen LogP contribution in [0.15, 0.2) is 0 Å². The van der Waals surface area contributed by atoms with Gasteiger partial charge in [0.05, 0.1) is 6.54 Å². The summed E-state index contributed by atoms with van der Waals surface area (Å²) in [6.45, 7) is 5.71. The summed E-state index contributed by atoms with van der Waals surface area (Å²) in [7, 11) is 1.91. The van der Waals surface area contributed by atoms with Gasteiger partial charge in [0, 0.05) is 12.6 Å². The topological polar surface area (TPSA) is 43.8 Å². The number of unbranched alkanes of at least 4 members (excludes halogenated alkanes) is 2. The van der Waals surface area contributed by atoms with Gasteiger partial charge in [0.25, 0.3) is 0 Å². The van der Waals surface area contributed by atoms with Crippen LogP contribution in [-0.4, -0.2) is 60.1 Å². The van der Waals surface area contributed by atoms with Gasteiger partial charge in [-0.15, -0.1) is 0 Å². The number of likely N-dealkylation sites (tertiary alicyclic amines) is 1. The smallest absolute Gasteiger partial charge is 0.317 e. The number of likely N-dealkylation sites (N-methyl/N-ethyl adjacent to an activating group) is 1. The molecule has 4 heteroatoms. The van der Waals surface area contributed by atoms with Crippen molar-refractivity contribution in [2.45, 2.75) is 38.6 Å². The third-order valence-corrected chi connectivity index (χ3v) is 3.33. The molecule has 1 aliphatic rings. The Morgan fingerprint density at radius 2 is 2.25 bits per heavy atom. The zero-order valence-electron chi connectivity index (χ0n) is 10.5. The minimum Gasteiger partial charge on any atom is -0.480 e. The number of rotatable bonds is 7.